The lowest BCUT2D eigenvalue weighted by Gasteiger charge is -2.14. The highest BCUT2D eigenvalue weighted by atomic mass is 35.5. The third-order valence-electron chi connectivity index (χ3n) is 3.49. The molecule has 116 valence electrons. The van der Waals surface area contributed by atoms with Crippen LogP contribution in [0.1, 0.15) is 11.1 Å². The van der Waals surface area contributed by atoms with E-state index >= 15 is 0 Å². The second kappa shape index (κ2) is 6.40. The minimum atomic E-state index is -0.252. The Hall–Kier alpha value is -2.37. The Morgan fingerprint density at radius 1 is 1.17 bits per heavy atom. The summed E-state index contributed by atoms with van der Waals surface area (Å²) in [5.41, 5.74) is 1.68. The van der Waals surface area contributed by atoms with Crippen LogP contribution in [0.5, 0.6) is 5.75 Å². The molecule has 0 aliphatic carbocycles. The quantitative estimate of drug-likeness (QED) is 0.662. The fraction of sp³-hybridized carbons (Fsp3) is 0.0588. The first kappa shape index (κ1) is 15.5. The van der Waals surface area contributed by atoms with Gasteiger partial charge < -0.3 is 10.4 Å². The third kappa shape index (κ3) is 3.21. The molecule has 1 amide bonds. The second-order valence-corrected chi connectivity index (χ2v) is 5.82. The predicted molar refractivity (Wildman–Crippen MR) is 93.8 cm³/mol. The van der Waals surface area contributed by atoms with Gasteiger partial charge in [-0.2, -0.15) is 0 Å². The number of halogens is 1. The first-order chi connectivity index (χ1) is 11.1. The summed E-state index contributed by atoms with van der Waals surface area (Å²) in [6.45, 7) is 0.294. The van der Waals surface area contributed by atoms with Crippen molar-refractivity contribution in [1.82, 2.24) is 10.2 Å². The van der Waals surface area contributed by atoms with Gasteiger partial charge in [-0.15, -0.1) is 0 Å². The molecule has 0 radical (unpaired) electrons. The highest BCUT2D eigenvalue weighted by Gasteiger charge is 2.31. The molecule has 1 heterocycles. The van der Waals surface area contributed by atoms with Gasteiger partial charge in [-0.05, 0) is 36.0 Å². The summed E-state index contributed by atoms with van der Waals surface area (Å²) in [5.74, 6) is -0.150. The number of amides is 1. The van der Waals surface area contributed by atoms with Gasteiger partial charge in [0.15, 0.2) is 5.11 Å². The van der Waals surface area contributed by atoms with Gasteiger partial charge in [0.05, 0.1) is 6.54 Å². The summed E-state index contributed by atoms with van der Waals surface area (Å²) >= 11 is 11.4. The van der Waals surface area contributed by atoms with Crippen molar-refractivity contribution in [2.45, 2.75) is 6.54 Å². The largest absolute Gasteiger partial charge is 0.507 e. The lowest BCUT2D eigenvalue weighted by molar-refractivity contribution is -0.122. The topological polar surface area (TPSA) is 52.6 Å². The van der Waals surface area contributed by atoms with Crippen molar-refractivity contribution in [1.29, 1.82) is 0 Å². The van der Waals surface area contributed by atoms with Gasteiger partial charge >= 0.3 is 0 Å². The van der Waals surface area contributed by atoms with Crippen molar-refractivity contribution in [3.63, 3.8) is 0 Å². The second-order valence-electron chi connectivity index (χ2n) is 5.03. The molecule has 0 bridgehead atoms. The lowest BCUT2D eigenvalue weighted by Crippen LogP contribution is -2.30. The zero-order valence-electron chi connectivity index (χ0n) is 12.0. The minimum absolute atomic E-state index is 0.102. The van der Waals surface area contributed by atoms with Crippen LogP contribution in [-0.2, 0) is 11.3 Å². The maximum Gasteiger partial charge on any atom is 0.276 e. The number of benzene rings is 2. The molecular formula is C17H13ClN2O2S. The number of phenolic OH excluding ortho intramolecular Hbond substituents is 1. The van der Waals surface area contributed by atoms with E-state index in [-0.39, 0.29) is 11.7 Å². The van der Waals surface area contributed by atoms with Crippen LogP contribution in [0.3, 0.4) is 0 Å². The molecule has 1 aliphatic rings. The Morgan fingerprint density at radius 3 is 2.61 bits per heavy atom. The average molecular weight is 345 g/mol. The molecule has 6 heteroatoms. The average Bonchev–Trinajstić information content (AvgIpc) is 2.79. The van der Waals surface area contributed by atoms with Crippen LogP contribution in [0.2, 0.25) is 5.02 Å². The molecule has 2 N–H and O–H groups in total. The number of para-hydroxylation sites is 1. The molecule has 23 heavy (non-hydrogen) atoms. The standard InChI is InChI=1S/C17H13ClN2O2S/c18-13-7-3-1-6-12(13)10-20-16(22)14(19-17(20)23)9-11-5-2-4-8-15(11)21/h1-9,21H,10H2,(H,19,23)/b14-9+. The van der Waals surface area contributed by atoms with E-state index in [4.69, 9.17) is 23.8 Å². The van der Waals surface area contributed by atoms with Gasteiger partial charge in [-0.25, -0.2) is 0 Å². The molecule has 0 saturated carbocycles. The SMILES string of the molecule is O=C1/C(=C\c2ccccc2O)NC(=S)N1Cc1ccccc1Cl. The summed E-state index contributed by atoms with van der Waals surface area (Å²) in [5, 5.41) is 13.6. The van der Waals surface area contributed by atoms with Crippen LogP contribution in [-0.4, -0.2) is 21.0 Å². The number of thiocarbonyl (C=S) groups is 1. The zero-order valence-corrected chi connectivity index (χ0v) is 13.6. The molecule has 0 aromatic heterocycles. The Kier molecular flexibility index (Phi) is 4.32. The number of nitrogens with zero attached hydrogens (tertiary/aromatic N) is 1. The van der Waals surface area contributed by atoms with E-state index in [0.29, 0.717) is 27.9 Å². The molecule has 1 saturated heterocycles. The normalized spacial score (nSPS) is 16.0. The van der Waals surface area contributed by atoms with Crippen LogP contribution < -0.4 is 5.32 Å². The highest BCUT2D eigenvalue weighted by molar-refractivity contribution is 7.80. The van der Waals surface area contributed by atoms with Crippen molar-refractivity contribution >= 4 is 40.9 Å². The smallest absolute Gasteiger partial charge is 0.276 e. The molecule has 0 unspecified atom stereocenters. The van der Waals surface area contributed by atoms with E-state index in [0.717, 1.165) is 5.56 Å². The van der Waals surface area contributed by atoms with Crippen molar-refractivity contribution < 1.29 is 9.90 Å². The molecule has 1 fully saturated rings. The molecule has 2 aromatic rings. The van der Waals surface area contributed by atoms with Gasteiger partial charge in [-0.3, -0.25) is 9.69 Å². The van der Waals surface area contributed by atoms with E-state index in [9.17, 15) is 9.90 Å². The Morgan fingerprint density at radius 2 is 1.87 bits per heavy atom. The fourth-order valence-corrected chi connectivity index (χ4v) is 2.73. The summed E-state index contributed by atoms with van der Waals surface area (Å²) < 4.78 is 0. The van der Waals surface area contributed by atoms with Crippen LogP contribution in [0, 0.1) is 0 Å². The molecule has 0 spiro atoms. The van der Waals surface area contributed by atoms with Crippen LogP contribution >= 0.6 is 23.8 Å². The summed E-state index contributed by atoms with van der Waals surface area (Å²) in [6, 6.07) is 14.1. The molecule has 0 atom stereocenters. The van der Waals surface area contributed by atoms with E-state index in [1.165, 1.54) is 4.90 Å². The van der Waals surface area contributed by atoms with E-state index in [2.05, 4.69) is 5.32 Å². The highest BCUT2D eigenvalue weighted by Crippen LogP contribution is 2.23. The van der Waals surface area contributed by atoms with Gasteiger partial charge in [0.25, 0.3) is 5.91 Å². The van der Waals surface area contributed by atoms with E-state index in [1.54, 1.807) is 36.4 Å². The fourth-order valence-electron chi connectivity index (χ4n) is 2.28. The first-order valence-corrected chi connectivity index (χ1v) is 7.71. The maximum atomic E-state index is 12.5. The predicted octanol–water partition coefficient (Wildman–Crippen LogP) is 3.30. The van der Waals surface area contributed by atoms with Gasteiger partial charge in [0.1, 0.15) is 11.4 Å². The number of nitrogens with one attached hydrogen (secondary N) is 1. The van der Waals surface area contributed by atoms with Crippen molar-refractivity contribution in [3.05, 3.63) is 70.4 Å². The maximum absolute atomic E-state index is 12.5. The van der Waals surface area contributed by atoms with E-state index < -0.39 is 0 Å². The lowest BCUT2D eigenvalue weighted by atomic mass is 10.1. The van der Waals surface area contributed by atoms with Crippen LogP contribution in [0.15, 0.2) is 54.2 Å². The molecule has 3 rings (SSSR count). The molecular weight excluding hydrogens is 332 g/mol. The van der Waals surface area contributed by atoms with Crippen molar-refractivity contribution in [3.8, 4) is 5.75 Å². The zero-order chi connectivity index (χ0) is 16.4. The van der Waals surface area contributed by atoms with Crippen LogP contribution in [0.25, 0.3) is 6.08 Å². The number of carbonyl (C=O) groups is 1. The van der Waals surface area contributed by atoms with Gasteiger partial charge in [0.2, 0.25) is 0 Å². The number of aromatic hydroxyl groups is 1. The first-order valence-electron chi connectivity index (χ1n) is 6.92. The Labute approximate surface area is 144 Å². The number of phenols is 1. The Balaban J connectivity index is 1.86. The van der Waals surface area contributed by atoms with Crippen molar-refractivity contribution in [2.24, 2.45) is 0 Å². The van der Waals surface area contributed by atoms with E-state index in [1.807, 2.05) is 18.2 Å². The van der Waals surface area contributed by atoms with Crippen LogP contribution in [0.4, 0.5) is 0 Å². The monoisotopic (exact) mass is 344 g/mol. The van der Waals surface area contributed by atoms with Gasteiger partial charge in [0, 0.05) is 10.6 Å². The minimum Gasteiger partial charge on any atom is -0.507 e. The number of rotatable bonds is 3. The Bertz CT molecular complexity index is 820. The third-order valence-corrected chi connectivity index (χ3v) is 4.18. The van der Waals surface area contributed by atoms with Crippen molar-refractivity contribution in [2.75, 3.05) is 0 Å². The molecule has 4 nitrogen and oxygen atoms in total. The number of hydrogen-bond acceptors (Lipinski definition) is 3. The molecule has 1 aliphatic heterocycles. The van der Waals surface area contributed by atoms with Gasteiger partial charge in [-0.1, -0.05) is 48.0 Å². The molecule has 2 aromatic carbocycles. The number of carbonyl (C=O) groups excluding carboxylic acids is 1. The summed E-state index contributed by atoms with van der Waals surface area (Å²) in [7, 11) is 0. The summed E-state index contributed by atoms with van der Waals surface area (Å²) in [4.78, 5) is 14.0. The number of hydrogen-bond donors (Lipinski definition) is 2. The summed E-state index contributed by atoms with van der Waals surface area (Å²) in [6.07, 6.45) is 1.58.